The van der Waals surface area contributed by atoms with Crippen molar-refractivity contribution >= 4 is 5.78 Å². The van der Waals surface area contributed by atoms with E-state index in [1.54, 1.807) is 0 Å². The lowest BCUT2D eigenvalue weighted by atomic mass is 10.0. The first-order chi connectivity index (χ1) is 6.22. The minimum atomic E-state index is -0.219. The normalized spacial score (nSPS) is 19.7. The molecule has 1 aromatic rings. The lowest BCUT2D eigenvalue weighted by molar-refractivity contribution is 0.0992. The lowest BCUT2D eigenvalue weighted by Gasteiger charge is -2.00. The van der Waals surface area contributed by atoms with Crippen molar-refractivity contribution in [1.29, 1.82) is 5.26 Å². The Hall–Kier alpha value is -1.62. The molecular weight excluding hydrogens is 162 g/mol. The van der Waals surface area contributed by atoms with Gasteiger partial charge in [-0.3, -0.25) is 4.79 Å². The molecule has 13 heavy (non-hydrogen) atoms. The van der Waals surface area contributed by atoms with Crippen molar-refractivity contribution in [1.82, 2.24) is 0 Å². The molecule has 1 aliphatic rings. The van der Waals surface area contributed by atoms with Gasteiger partial charge in [-0.1, -0.05) is 17.7 Å². The summed E-state index contributed by atoms with van der Waals surface area (Å²) in [5.74, 6) is -0.117. The number of fused-ring (bicyclic) bond motifs is 1. The largest absolute Gasteiger partial charge is 0.294 e. The zero-order valence-electron chi connectivity index (χ0n) is 7.37. The molecule has 0 heterocycles. The zero-order valence-corrected chi connectivity index (χ0v) is 7.37. The third kappa shape index (κ3) is 1.13. The predicted octanol–water partition coefficient (Wildman–Crippen LogP) is 2.19. The molecule has 2 rings (SSSR count). The second kappa shape index (κ2) is 2.70. The van der Waals surface area contributed by atoms with Crippen LogP contribution in [0.2, 0.25) is 0 Å². The Kier molecular flexibility index (Phi) is 1.66. The number of nitriles is 1. The van der Waals surface area contributed by atoms with E-state index < -0.39 is 0 Å². The van der Waals surface area contributed by atoms with Crippen LogP contribution in [0.15, 0.2) is 18.2 Å². The van der Waals surface area contributed by atoms with Crippen LogP contribution in [-0.2, 0) is 0 Å². The number of carbonyl (C=O) groups excluding carboxylic acids is 1. The van der Waals surface area contributed by atoms with E-state index in [9.17, 15) is 4.79 Å². The second-order valence-corrected chi connectivity index (χ2v) is 3.40. The van der Waals surface area contributed by atoms with Gasteiger partial charge in [-0.2, -0.15) is 5.26 Å². The van der Waals surface area contributed by atoms with Crippen LogP contribution >= 0.6 is 0 Å². The monoisotopic (exact) mass is 171 g/mol. The third-order valence-corrected chi connectivity index (χ3v) is 2.43. The Morgan fingerprint density at radius 3 is 3.00 bits per heavy atom. The molecule has 1 aromatic carbocycles. The van der Waals surface area contributed by atoms with Crippen LogP contribution in [0.5, 0.6) is 0 Å². The number of carbonyl (C=O) groups is 1. The summed E-state index contributed by atoms with van der Waals surface area (Å²) in [4.78, 5) is 11.4. The number of rotatable bonds is 0. The molecule has 2 heteroatoms. The summed E-state index contributed by atoms with van der Waals surface area (Å²) >= 11 is 0. The lowest BCUT2D eigenvalue weighted by Crippen LogP contribution is -1.90. The van der Waals surface area contributed by atoms with Crippen molar-refractivity contribution in [3.63, 3.8) is 0 Å². The second-order valence-electron chi connectivity index (χ2n) is 3.40. The van der Waals surface area contributed by atoms with E-state index in [-0.39, 0.29) is 11.7 Å². The van der Waals surface area contributed by atoms with E-state index in [1.165, 1.54) is 0 Å². The topological polar surface area (TPSA) is 40.9 Å². The standard InChI is InChI=1S/C11H9NO/c1-7-2-3-9-8(6-12)5-11(13)10(9)4-7/h2-4,8H,5H2,1H3. The Balaban J connectivity index is 2.60. The SMILES string of the molecule is Cc1ccc2c(c1)C(=O)CC2C#N. The van der Waals surface area contributed by atoms with Crippen molar-refractivity contribution in [2.45, 2.75) is 19.3 Å². The molecule has 0 amide bonds. The van der Waals surface area contributed by atoms with E-state index in [0.29, 0.717) is 6.42 Å². The number of aryl methyl sites for hydroxylation is 1. The van der Waals surface area contributed by atoms with Gasteiger partial charge in [0.1, 0.15) is 0 Å². The van der Waals surface area contributed by atoms with Crippen LogP contribution in [0, 0.1) is 18.3 Å². The summed E-state index contributed by atoms with van der Waals surface area (Å²) in [5, 5.41) is 8.80. The minimum absolute atomic E-state index is 0.102. The van der Waals surface area contributed by atoms with Crippen molar-refractivity contribution in [3.05, 3.63) is 34.9 Å². The number of hydrogen-bond acceptors (Lipinski definition) is 2. The minimum Gasteiger partial charge on any atom is -0.294 e. The fourth-order valence-corrected chi connectivity index (χ4v) is 1.74. The molecule has 0 saturated carbocycles. The summed E-state index contributed by atoms with van der Waals surface area (Å²) in [6, 6.07) is 7.86. The molecule has 64 valence electrons. The van der Waals surface area contributed by atoms with Gasteiger partial charge in [0.25, 0.3) is 0 Å². The molecule has 0 aliphatic heterocycles. The van der Waals surface area contributed by atoms with Gasteiger partial charge in [-0.25, -0.2) is 0 Å². The van der Waals surface area contributed by atoms with Crippen LogP contribution in [0.1, 0.15) is 33.8 Å². The van der Waals surface area contributed by atoms with E-state index in [1.807, 2.05) is 25.1 Å². The number of Topliss-reactive ketones (excluding diaryl/α,β-unsaturated/α-hetero) is 1. The van der Waals surface area contributed by atoms with E-state index in [2.05, 4.69) is 6.07 Å². The number of benzene rings is 1. The van der Waals surface area contributed by atoms with Gasteiger partial charge in [0.15, 0.2) is 5.78 Å². The zero-order chi connectivity index (χ0) is 9.42. The fourth-order valence-electron chi connectivity index (χ4n) is 1.74. The van der Waals surface area contributed by atoms with E-state index in [0.717, 1.165) is 16.7 Å². The number of ketones is 1. The molecule has 0 radical (unpaired) electrons. The van der Waals surface area contributed by atoms with Gasteiger partial charge < -0.3 is 0 Å². The highest BCUT2D eigenvalue weighted by molar-refractivity contribution is 6.01. The van der Waals surface area contributed by atoms with Crippen LogP contribution in [0.3, 0.4) is 0 Å². The van der Waals surface area contributed by atoms with Gasteiger partial charge in [0, 0.05) is 12.0 Å². The molecule has 1 atom stereocenters. The molecule has 0 fully saturated rings. The first kappa shape index (κ1) is 8.00. The summed E-state index contributed by atoms with van der Waals surface area (Å²) in [6.07, 6.45) is 0.356. The van der Waals surface area contributed by atoms with Crippen LogP contribution in [0.25, 0.3) is 0 Å². The fraction of sp³-hybridized carbons (Fsp3) is 0.273. The van der Waals surface area contributed by atoms with Crippen molar-refractivity contribution in [3.8, 4) is 6.07 Å². The van der Waals surface area contributed by atoms with Crippen molar-refractivity contribution in [2.24, 2.45) is 0 Å². The Labute approximate surface area is 76.8 Å². The van der Waals surface area contributed by atoms with Crippen molar-refractivity contribution < 1.29 is 4.79 Å². The average molecular weight is 171 g/mol. The maximum absolute atomic E-state index is 11.4. The van der Waals surface area contributed by atoms with Gasteiger partial charge in [0.05, 0.1) is 12.0 Å². The Bertz CT molecular complexity index is 415. The third-order valence-electron chi connectivity index (χ3n) is 2.43. The predicted molar refractivity (Wildman–Crippen MR) is 48.5 cm³/mol. The first-order valence-electron chi connectivity index (χ1n) is 4.25. The highest BCUT2D eigenvalue weighted by atomic mass is 16.1. The molecule has 0 N–H and O–H groups in total. The van der Waals surface area contributed by atoms with Crippen LogP contribution < -0.4 is 0 Å². The quantitative estimate of drug-likeness (QED) is 0.600. The highest BCUT2D eigenvalue weighted by Gasteiger charge is 2.28. The van der Waals surface area contributed by atoms with Gasteiger partial charge in [-0.15, -0.1) is 0 Å². The van der Waals surface area contributed by atoms with Gasteiger partial charge >= 0.3 is 0 Å². The van der Waals surface area contributed by atoms with Crippen LogP contribution in [-0.4, -0.2) is 5.78 Å². The van der Waals surface area contributed by atoms with Gasteiger partial charge in [-0.05, 0) is 18.6 Å². The summed E-state index contributed by atoms with van der Waals surface area (Å²) in [5.41, 5.74) is 2.72. The first-order valence-corrected chi connectivity index (χ1v) is 4.25. The summed E-state index contributed by atoms with van der Waals surface area (Å²) < 4.78 is 0. The smallest absolute Gasteiger partial charge is 0.164 e. The molecule has 0 spiro atoms. The molecular formula is C11H9NO. The van der Waals surface area contributed by atoms with Gasteiger partial charge in [0.2, 0.25) is 0 Å². The molecule has 0 saturated heterocycles. The molecule has 0 bridgehead atoms. The number of hydrogen-bond donors (Lipinski definition) is 0. The number of nitrogens with zero attached hydrogens (tertiary/aromatic N) is 1. The summed E-state index contributed by atoms with van der Waals surface area (Å²) in [6.45, 7) is 1.95. The Morgan fingerprint density at radius 2 is 2.31 bits per heavy atom. The molecule has 1 aliphatic carbocycles. The van der Waals surface area contributed by atoms with E-state index in [4.69, 9.17) is 5.26 Å². The molecule has 0 aromatic heterocycles. The average Bonchev–Trinajstić information content (AvgIpc) is 2.43. The maximum atomic E-state index is 11.4. The maximum Gasteiger partial charge on any atom is 0.164 e. The Morgan fingerprint density at radius 1 is 1.54 bits per heavy atom. The molecule has 2 nitrogen and oxygen atoms in total. The highest BCUT2D eigenvalue weighted by Crippen LogP contribution is 2.32. The van der Waals surface area contributed by atoms with Crippen molar-refractivity contribution in [2.75, 3.05) is 0 Å². The van der Waals surface area contributed by atoms with E-state index >= 15 is 0 Å². The molecule has 1 unspecified atom stereocenters. The van der Waals surface area contributed by atoms with Crippen LogP contribution in [0.4, 0.5) is 0 Å². The summed E-state index contributed by atoms with van der Waals surface area (Å²) in [7, 11) is 0.